The molecule has 1 fully saturated rings. The number of hydrogen-bond donors (Lipinski definition) is 0. The third kappa shape index (κ3) is 5.33. The van der Waals surface area contributed by atoms with E-state index in [9.17, 15) is 13.2 Å². The van der Waals surface area contributed by atoms with Crippen molar-refractivity contribution in [2.45, 2.75) is 25.2 Å². The van der Waals surface area contributed by atoms with Crippen LogP contribution in [0.5, 0.6) is 0 Å². The molecule has 1 aromatic rings. The SMILES string of the molecule is CC(C)COCCC(=O)N1CCN(S(=O)(=O)c2cccc(Cl)c2Cl)CC1. The molecule has 0 bridgehead atoms. The van der Waals surface area contributed by atoms with E-state index in [1.165, 1.54) is 10.4 Å². The summed E-state index contributed by atoms with van der Waals surface area (Å²) in [5.74, 6) is 0.406. The summed E-state index contributed by atoms with van der Waals surface area (Å²) in [7, 11) is -3.74. The molecule has 9 heteroatoms. The molecular weight excluding hydrogens is 399 g/mol. The lowest BCUT2D eigenvalue weighted by atomic mass is 10.2. The summed E-state index contributed by atoms with van der Waals surface area (Å²) in [4.78, 5) is 13.9. The van der Waals surface area contributed by atoms with Gasteiger partial charge in [0.1, 0.15) is 4.90 Å². The first-order valence-electron chi connectivity index (χ1n) is 8.53. The second-order valence-corrected chi connectivity index (χ2v) is 9.25. The van der Waals surface area contributed by atoms with Gasteiger partial charge in [-0.15, -0.1) is 0 Å². The summed E-state index contributed by atoms with van der Waals surface area (Å²) in [6, 6.07) is 4.53. The maximum Gasteiger partial charge on any atom is 0.244 e. The third-order valence-electron chi connectivity index (χ3n) is 4.04. The van der Waals surface area contributed by atoms with Crippen molar-refractivity contribution in [1.82, 2.24) is 9.21 Å². The Hall–Kier alpha value is -0.860. The average molecular weight is 423 g/mol. The quantitative estimate of drug-likeness (QED) is 0.633. The van der Waals surface area contributed by atoms with Crippen LogP contribution in [0.1, 0.15) is 20.3 Å². The molecule has 0 saturated carbocycles. The van der Waals surface area contributed by atoms with Crippen LogP contribution >= 0.6 is 23.2 Å². The highest BCUT2D eigenvalue weighted by molar-refractivity contribution is 7.89. The highest BCUT2D eigenvalue weighted by atomic mass is 35.5. The lowest BCUT2D eigenvalue weighted by Gasteiger charge is -2.34. The number of halogens is 2. The van der Waals surface area contributed by atoms with Crippen LogP contribution in [0.25, 0.3) is 0 Å². The van der Waals surface area contributed by atoms with E-state index in [-0.39, 0.29) is 33.9 Å². The monoisotopic (exact) mass is 422 g/mol. The average Bonchev–Trinajstić information content (AvgIpc) is 2.60. The van der Waals surface area contributed by atoms with Crippen molar-refractivity contribution in [3.8, 4) is 0 Å². The van der Waals surface area contributed by atoms with E-state index < -0.39 is 10.0 Å². The lowest BCUT2D eigenvalue weighted by molar-refractivity contribution is -0.133. The first kappa shape index (κ1) is 21.4. The number of rotatable bonds is 7. The number of carbonyl (C=O) groups is 1. The number of carbonyl (C=O) groups excluding carboxylic acids is 1. The first-order valence-corrected chi connectivity index (χ1v) is 10.7. The van der Waals surface area contributed by atoms with Crippen molar-refractivity contribution in [2.24, 2.45) is 5.92 Å². The fourth-order valence-corrected chi connectivity index (χ4v) is 4.80. The summed E-state index contributed by atoms with van der Waals surface area (Å²) >= 11 is 12.0. The summed E-state index contributed by atoms with van der Waals surface area (Å²) < 4.78 is 32.3. The van der Waals surface area contributed by atoms with Gasteiger partial charge in [-0.25, -0.2) is 8.42 Å². The van der Waals surface area contributed by atoms with Gasteiger partial charge in [-0.05, 0) is 18.1 Å². The van der Waals surface area contributed by atoms with Crippen LogP contribution in [0.2, 0.25) is 10.0 Å². The van der Waals surface area contributed by atoms with Gasteiger partial charge in [0.25, 0.3) is 0 Å². The molecule has 1 aliphatic rings. The van der Waals surface area contributed by atoms with Crippen LogP contribution < -0.4 is 0 Å². The summed E-state index contributed by atoms with van der Waals surface area (Å²) in [5, 5.41) is 0.220. The fourth-order valence-electron chi connectivity index (χ4n) is 2.64. The molecule has 1 saturated heterocycles. The minimum Gasteiger partial charge on any atom is -0.381 e. The largest absolute Gasteiger partial charge is 0.381 e. The van der Waals surface area contributed by atoms with Crippen molar-refractivity contribution < 1.29 is 17.9 Å². The van der Waals surface area contributed by atoms with Gasteiger partial charge in [-0.3, -0.25) is 4.79 Å². The topological polar surface area (TPSA) is 66.9 Å². The minimum absolute atomic E-state index is 0.00599. The highest BCUT2D eigenvalue weighted by Crippen LogP contribution is 2.31. The molecule has 1 aromatic carbocycles. The first-order chi connectivity index (χ1) is 12.2. The second kappa shape index (κ2) is 9.37. The van der Waals surface area contributed by atoms with Crippen LogP contribution in [0.15, 0.2) is 23.1 Å². The number of hydrogen-bond acceptors (Lipinski definition) is 4. The number of ether oxygens (including phenoxy) is 1. The predicted octanol–water partition coefficient (Wildman–Crippen LogP) is 2.89. The van der Waals surface area contributed by atoms with Gasteiger partial charge in [0.05, 0.1) is 23.1 Å². The molecule has 0 unspecified atom stereocenters. The maximum absolute atomic E-state index is 12.8. The normalized spacial score (nSPS) is 16.3. The number of nitrogens with zero attached hydrogens (tertiary/aromatic N) is 2. The van der Waals surface area contributed by atoms with E-state index in [0.29, 0.717) is 38.6 Å². The highest BCUT2D eigenvalue weighted by Gasteiger charge is 2.31. The zero-order chi connectivity index (χ0) is 19.3. The van der Waals surface area contributed by atoms with Crippen molar-refractivity contribution in [1.29, 1.82) is 0 Å². The van der Waals surface area contributed by atoms with Crippen molar-refractivity contribution in [2.75, 3.05) is 39.4 Å². The smallest absolute Gasteiger partial charge is 0.244 e. The molecule has 26 heavy (non-hydrogen) atoms. The Labute approximate surface area is 165 Å². The molecule has 0 N–H and O–H groups in total. The standard InChI is InChI=1S/C17H24Cl2N2O4S/c1-13(2)12-25-11-6-16(22)20-7-9-21(10-8-20)26(23,24)15-5-3-4-14(18)17(15)19/h3-5,13H,6-12H2,1-2H3. The Morgan fingerprint density at radius 3 is 2.46 bits per heavy atom. The zero-order valence-electron chi connectivity index (χ0n) is 15.0. The lowest BCUT2D eigenvalue weighted by Crippen LogP contribution is -2.50. The van der Waals surface area contributed by atoms with E-state index in [0.717, 1.165) is 0 Å². The predicted molar refractivity (Wildman–Crippen MR) is 102 cm³/mol. The van der Waals surface area contributed by atoms with E-state index in [1.54, 1.807) is 17.0 Å². The van der Waals surface area contributed by atoms with Gasteiger partial charge in [0.15, 0.2) is 0 Å². The number of sulfonamides is 1. The number of piperazine rings is 1. The minimum atomic E-state index is -3.74. The van der Waals surface area contributed by atoms with Crippen LogP contribution in [0.4, 0.5) is 0 Å². The third-order valence-corrected chi connectivity index (χ3v) is 6.91. The van der Waals surface area contributed by atoms with Gasteiger partial charge in [0.2, 0.25) is 15.9 Å². The van der Waals surface area contributed by atoms with Crippen LogP contribution in [-0.2, 0) is 19.6 Å². The number of benzene rings is 1. The van der Waals surface area contributed by atoms with Gasteiger partial charge < -0.3 is 9.64 Å². The summed E-state index contributed by atoms with van der Waals surface area (Å²) in [6.07, 6.45) is 0.305. The Morgan fingerprint density at radius 1 is 1.19 bits per heavy atom. The Balaban J connectivity index is 1.91. The Bertz CT molecular complexity index is 732. The van der Waals surface area contributed by atoms with Crippen LogP contribution in [-0.4, -0.2) is 62.9 Å². The molecule has 0 radical (unpaired) electrons. The van der Waals surface area contributed by atoms with E-state index in [1.807, 2.05) is 13.8 Å². The second-order valence-electron chi connectivity index (χ2n) is 6.56. The molecule has 0 aliphatic carbocycles. The molecule has 1 aliphatic heterocycles. The molecule has 6 nitrogen and oxygen atoms in total. The molecule has 2 rings (SSSR count). The molecule has 1 heterocycles. The van der Waals surface area contributed by atoms with Gasteiger partial charge in [0, 0.05) is 32.8 Å². The van der Waals surface area contributed by atoms with Crippen molar-refractivity contribution in [3.63, 3.8) is 0 Å². The Kier molecular flexibility index (Phi) is 7.73. The van der Waals surface area contributed by atoms with Gasteiger partial charge in [-0.1, -0.05) is 43.1 Å². The molecule has 1 amide bonds. The van der Waals surface area contributed by atoms with Gasteiger partial charge in [-0.2, -0.15) is 4.31 Å². The zero-order valence-corrected chi connectivity index (χ0v) is 17.3. The molecule has 0 aromatic heterocycles. The summed E-state index contributed by atoms with van der Waals surface area (Å²) in [5.41, 5.74) is 0. The van der Waals surface area contributed by atoms with Crippen LogP contribution in [0.3, 0.4) is 0 Å². The van der Waals surface area contributed by atoms with Gasteiger partial charge >= 0.3 is 0 Å². The fraction of sp³-hybridized carbons (Fsp3) is 0.588. The van der Waals surface area contributed by atoms with E-state index in [2.05, 4.69) is 0 Å². The van der Waals surface area contributed by atoms with E-state index >= 15 is 0 Å². The van der Waals surface area contributed by atoms with Crippen molar-refractivity contribution in [3.05, 3.63) is 28.2 Å². The summed E-state index contributed by atoms with van der Waals surface area (Å²) in [6.45, 7) is 6.25. The molecule has 0 atom stereocenters. The number of amides is 1. The molecule has 0 spiro atoms. The van der Waals surface area contributed by atoms with Crippen LogP contribution in [0, 0.1) is 5.92 Å². The molecular formula is C17H24Cl2N2O4S. The maximum atomic E-state index is 12.8. The molecule has 146 valence electrons. The van der Waals surface area contributed by atoms with E-state index in [4.69, 9.17) is 27.9 Å². The Morgan fingerprint density at radius 2 is 1.85 bits per heavy atom. The van der Waals surface area contributed by atoms with Crippen molar-refractivity contribution >= 4 is 39.1 Å².